The molecule has 2 N–H and O–H groups in total. The van der Waals surface area contributed by atoms with Crippen molar-refractivity contribution in [2.45, 2.75) is 47.0 Å². The number of aromatic nitrogens is 2. The van der Waals surface area contributed by atoms with E-state index in [1.807, 2.05) is 4.68 Å². The molecular weight excluding hydrogens is 361 g/mol. The molecule has 0 amide bonds. The number of nitrogens with two attached hydrogens (primary N) is 1. The lowest BCUT2D eigenvalue weighted by molar-refractivity contribution is 0.557. The predicted octanol–water partition coefficient (Wildman–Crippen LogP) is 4.28. The van der Waals surface area contributed by atoms with Crippen molar-refractivity contribution in [2.24, 2.45) is 0 Å². The third-order valence-corrected chi connectivity index (χ3v) is 4.48. The summed E-state index contributed by atoms with van der Waals surface area (Å²) in [6, 6.07) is 4.35. The highest BCUT2D eigenvalue weighted by molar-refractivity contribution is 14.1. The van der Waals surface area contributed by atoms with Crippen LogP contribution in [0.25, 0.3) is 5.69 Å². The molecule has 0 bridgehead atoms. The van der Waals surface area contributed by atoms with E-state index < -0.39 is 0 Å². The van der Waals surface area contributed by atoms with Gasteiger partial charge in [-0.2, -0.15) is 5.10 Å². The van der Waals surface area contributed by atoms with E-state index in [4.69, 9.17) is 10.8 Å². The molecule has 0 aliphatic carbocycles. The molecule has 3 nitrogen and oxygen atoms in total. The molecule has 108 valence electrons. The molecule has 0 saturated heterocycles. The minimum Gasteiger partial charge on any atom is -0.383 e. The zero-order valence-corrected chi connectivity index (χ0v) is 15.2. The van der Waals surface area contributed by atoms with Gasteiger partial charge in [-0.05, 0) is 54.5 Å². The molecule has 4 heteroatoms. The Bertz CT molecular complexity index is 640. The van der Waals surface area contributed by atoms with Crippen molar-refractivity contribution in [1.29, 1.82) is 0 Å². The fourth-order valence-corrected chi connectivity index (χ4v) is 3.71. The maximum Gasteiger partial charge on any atom is 0.141 e. The maximum absolute atomic E-state index is 6.30. The summed E-state index contributed by atoms with van der Waals surface area (Å²) >= 11 is 2.30. The number of hydrogen-bond acceptors (Lipinski definition) is 2. The lowest BCUT2D eigenvalue weighted by atomic mass is 9.92. The average Bonchev–Trinajstić information content (AvgIpc) is 2.55. The van der Waals surface area contributed by atoms with Gasteiger partial charge in [0.25, 0.3) is 0 Å². The van der Waals surface area contributed by atoms with Crippen molar-refractivity contribution in [3.05, 3.63) is 38.1 Å². The molecule has 1 aromatic carbocycles. The summed E-state index contributed by atoms with van der Waals surface area (Å²) in [5.41, 5.74) is 12.1. The van der Waals surface area contributed by atoms with Gasteiger partial charge in [-0.25, -0.2) is 4.68 Å². The summed E-state index contributed by atoms with van der Waals surface area (Å²) < 4.78 is 2.95. The first kappa shape index (κ1) is 15.4. The van der Waals surface area contributed by atoms with Crippen molar-refractivity contribution < 1.29 is 0 Å². The molecule has 0 saturated carbocycles. The fraction of sp³-hybridized carbons (Fsp3) is 0.438. The van der Waals surface area contributed by atoms with Crippen molar-refractivity contribution >= 4 is 28.4 Å². The second-order valence-corrected chi connectivity index (χ2v) is 7.54. The summed E-state index contributed by atoms with van der Waals surface area (Å²) in [5, 5.41) is 4.79. The Balaban J connectivity index is 2.72. The van der Waals surface area contributed by atoms with Crippen LogP contribution in [-0.4, -0.2) is 9.78 Å². The number of halogens is 1. The van der Waals surface area contributed by atoms with Crippen LogP contribution in [-0.2, 0) is 5.41 Å². The Hall–Kier alpha value is -1.04. The summed E-state index contributed by atoms with van der Waals surface area (Å²) in [6.45, 7) is 12.8. The number of rotatable bonds is 1. The molecule has 1 aromatic heterocycles. The highest BCUT2D eigenvalue weighted by Crippen LogP contribution is 2.33. The van der Waals surface area contributed by atoms with Gasteiger partial charge in [0.2, 0.25) is 0 Å². The van der Waals surface area contributed by atoms with Crippen LogP contribution < -0.4 is 5.73 Å². The molecule has 20 heavy (non-hydrogen) atoms. The smallest absolute Gasteiger partial charge is 0.141 e. The molecule has 2 rings (SSSR count). The van der Waals surface area contributed by atoms with Gasteiger partial charge < -0.3 is 5.73 Å². The van der Waals surface area contributed by atoms with Gasteiger partial charge in [0, 0.05) is 5.41 Å². The summed E-state index contributed by atoms with van der Waals surface area (Å²) in [7, 11) is 0. The van der Waals surface area contributed by atoms with Crippen molar-refractivity contribution in [2.75, 3.05) is 5.73 Å². The number of benzene rings is 1. The van der Waals surface area contributed by atoms with E-state index in [1.54, 1.807) is 0 Å². The van der Waals surface area contributed by atoms with E-state index in [2.05, 4.69) is 76.3 Å². The van der Waals surface area contributed by atoms with E-state index >= 15 is 0 Å². The number of anilines is 1. The molecular formula is C16H22IN3. The van der Waals surface area contributed by atoms with Gasteiger partial charge in [0.1, 0.15) is 5.82 Å². The lowest BCUT2D eigenvalue weighted by Crippen LogP contribution is -2.14. The van der Waals surface area contributed by atoms with Gasteiger partial charge in [-0.3, -0.25) is 0 Å². The Labute approximate surface area is 134 Å². The summed E-state index contributed by atoms with van der Waals surface area (Å²) in [4.78, 5) is 0. The maximum atomic E-state index is 6.30. The third kappa shape index (κ3) is 2.57. The van der Waals surface area contributed by atoms with Crippen LogP contribution in [0.5, 0.6) is 0 Å². The van der Waals surface area contributed by atoms with Crippen LogP contribution in [0.4, 0.5) is 5.82 Å². The van der Waals surface area contributed by atoms with Crippen LogP contribution in [0.1, 0.15) is 43.2 Å². The minimum absolute atomic E-state index is 0.0115. The Morgan fingerprint density at radius 1 is 1.10 bits per heavy atom. The van der Waals surface area contributed by atoms with E-state index in [9.17, 15) is 0 Å². The van der Waals surface area contributed by atoms with Crippen molar-refractivity contribution in [1.82, 2.24) is 9.78 Å². The van der Waals surface area contributed by atoms with E-state index in [0.29, 0.717) is 0 Å². The highest BCUT2D eigenvalue weighted by atomic mass is 127. The first-order valence-electron chi connectivity index (χ1n) is 6.75. The standard InChI is InChI=1S/C16H22IN3/c1-9-7-10(2)13(11(3)8-9)20-15(18)12(17)14(19-20)16(4,5)6/h7-8H,18H2,1-6H3. The Kier molecular flexibility index (Phi) is 3.88. The minimum atomic E-state index is -0.0115. The van der Waals surface area contributed by atoms with Gasteiger partial charge in [0.05, 0.1) is 15.0 Å². The second kappa shape index (κ2) is 5.06. The summed E-state index contributed by atoms with van der Waals surface area (Å²) in [5.74, 6) is 0.727. The van der Waals surface area contributed by atoms with Crippen LogP contribution >= 0.6 is 22.6 Å². The first-order valence-corrected chi connectivity index (χ1v) is 7.83. The number of aryl methyl sites for hydroxylation is 3. The number of nitrogen functional groups attached to an aromatic ring is 1. The SMILES string of the molecule is Cc1cc(C)c(-n2nc(C(C)(C)C)c(I)c2N)c(C)c1. The Morgan fingerprint density at radius 2 is 1.60 bits per heavy atom. The number of hydrogen-bond donors (Lipinski definition) is 1. The molecule has 0 fully saturated rings. The molecule has 0 radical (unpaired) electrons. The third-order valence-electron chi connectivity index (χ3n) is 3.42. The van der Waals surface area contributed by atoms with Gasteiger partial charge in [-0.1, -0.05) is 38.5 Å². The zero-order chi connectivity index (χ0) is 15.2. The van der Waals surface area contributed by atoms with E-state index in [1.165, 1.54) is 16.7 Å². The van der Waals surface area contributed by atoms with Crippen molar-refractivity contribution in [3.63, 3.8) is 0 Å². The molecule has 1 heterocycles. The first-order chi connectivity index (χ1) is 9.12. The normalized spacial score (nSPS) is 11.9. The lowest BCUT2D eigenvalue weighted by Gasteiger charge is -2.16. The second-order valence-electron chi connectivity index (χ2n) is 6.46. The number of nitrogens with zero attached hydrogens (tertiary/aromatic N) is 2. The molecule has 0 atom stereocenters. The highest BCUT2D eigenvalue weighted by Gasteiger charge is 2.25. The van der Waals surface area contributed by atoms with Gasteiger partial charge in [-0.15, -0.1) is 0 Å². The largest absolute Gasteiger partial charge is 0.383 e. The Morgan fingerprint density at radius 3 is 2.00 bits per heavy atom. The molecule has 2 aromatic rings. The molecule has 0 unspecified atom stereocenters. The van der Waals surface area contributed by atoms with E-state index in [0.717, 1.165) is 20.8 Å². The molecule has 0 spiro atoms. The fourth-order valence-electron chi connectivity index (χ4n) is 2.57. The van der Waals surface area contributed by atoms with Gasteiger partial charge in [0.15, 0.2) is 0 Å². The van der Waals surface area contributed by atoms with Crippen molar-refractivity contribution in [3.8, 4) is 5.69 Å². The van der Waals surface area contributed by atoms with E-state index in [-0.39, 0.29) is 5.41 Å². The monoisotopic (exact) mass is 383 g/mol. The predicted molar refractivity (Wildman–Crippen MR) is 93.6 cm³/mol. The average molecular weight is 383 g/mol. The molecule has 0 aliphatic heterocycles. The van der Waals surface area contributed by atoms with Crippen LogP contribution in [0.2, 0.25) is 0 Å². The summed E-state index contributed by atoms with van der Waals surface area (Å²) in [6.07, 6.45) is 0. The zero-order valence-electron chi connectivity index (χ0n) is 13.0. The van der Waals surface area contributed by atoms with Crippen LogP contribution in [0, 0.1) is 24.3 Å². The molecule has 0 aliphatic rings. The van der Waals surface area contributed by atoms with Crippen LogP contribution in [0.3, 0.4) is 0 Å². The topological polar surface area (TPSA) is 43.8 Å². The quantitative estimate of drug-likeness (QED) is 0.747. The van der Waals surface area contributed by atoms with Crippen LogP contribution in [0.15, 0.2) is 12.1 Å². The van der Waals surface area contributed by atoms with Gasteiger partial charge >= 0.3 is 0 Å².